The van der Waals surface area contributed by atoms with Gasteiger partial charge in [0.05, 0.1) is 18.6 Å². The molecule has 2 aliphatic rings. The summed E-state index contributed by atoms with van der Waals surface area (Å²) in [6.07, 6.45) is 2.08. The summed E-state index contributed by atoms with van der Waals surface area (Å²) in [5.74, 6) is -3.96. The molecular weight excluding hydrogens is 505 g/mol. The highest BCUT2D eigenvalue weighted by atomic mass is 35.5. The number of nitrogens with one attached hydrogen (secondary N) is 1. The van der Waals surface area contributed by atoms with E-state index in [1.54, 1.807) is 6.07 Å². The van der Waals surface area contributed by atoms with E-state index in [1.807, 2.05) is 0 Å². The Labute approximate surface area is 192 Å². The molecule has 184 valence electrons. The van der Waals surface area contributed by atoms with E-state index in [-0.39, 0.29) is 16.8 Å². The minimum absolute atomic E-state index is 0.0732. The molecule has 4 atom stereocenters. The van der Waals surface area contributed by atoms with Crippen molar-refractivity contribution in [3.63, 3.8) is 0 Å². The van der Waals surface area contributed by atoms with E-state index in [2.05, 4.69) is 19.8 Å². The van der Waals surface area contributed by atoms with Gasteiger partial charge in [-0.05, 0) is 12.8 Å². The van der Waals surface area contributed by atoms with Crippen molar-refractivity contribution >= 4 is 43.6 Å². The van der Waals surface area contributed by atoms with Crippen LogP contribution in [0.5, 0.6) is 0 Å². The smallest absolute Gasteiger partial charge is 0.340 e. The highest BCUT2D eigenvalue weighted by Crippen LogP contribution is 2.55. The number of imidazole rings is 1. The number of alkyl halides is 1. The molecule has 12 nitrogen and oxygen atoms in total. The van der Waals surface area contributed by atoms with Crippen LogP contribution in [0.15, 0.2) is 12.4 Å². The van der Waals surface area contributed by atoms with E-state index in [1.165, 1.54) is 0 Å². The van der Waals surface area contributed by atoms with E-state index < -0.39 is 52.3 Å². The van der Waals surface area contributed by atoms with Gasteiger partial charge in [-0.25, -0.2) is 14.4 Å². The van der Waals surface area contributed by atoms with Gasteiger partial charge in [0.25, 0.3) is 0 Å². The first kappa shape index (κ1) is 25.0. The van der Waals surface area contributed by atoms with Gasteiger partial charge in [0, 0.05) is 12.1 Å². The van der Waals surface area contributed by atoms with Crippen molar-refractivity contribution < 1.29 is 42.6 Å². The van der Waals surface area contributed by atoms with Gasteiger partial charge < -0.3 is 34.4 Å². The highest BCUT2D eigenvalue weighted by molar-refractivity contribution is 7.70. The molecule has 0 radical (unpaired) electrons. The predicted molar refractivity (Wildman–Crippen MR) is 116 cm³/mol. The lowest BCUT2D eigenvalue weighted by molar-refractivity contribution is -0.0447. The van der Waals surface area contributed by atoms with Gasteiger partial charge in [-0.1, -0.05) is 24.4 Å². The molecule has 0 aromatic carbocycles. The van der Waals surface area contributed by atoms with Gasteiger partial charge >= 0.3 is 15.2 Å². The second-order valence-corrected chi connectivity index (χ2v) is 12.6. The number of hydrogen-bond acceptors (Lipinski definition) is 8. The molecule has 0 spiro atoms. The van der Waals surface area contributed by atoms with Gasteiger partial charge in [-0.3, -0.25) is 13.7 Å². The first-order valence-corrected chi connectivity index (χ1v) is 14.1. The van der Waals surface area contributed by atoms with Crippen molar-refractivity contribution in [3.05, 3.63) is 17.5 Å². The molecule has 2 aromatic heterocycles. The van der Waals surface area contributed by atoms with Gasteiger partial charge in [-0.15, -0.1) is 0 Å². The fourth-order valence-electron chi connectivity index (χ4n) is 4.13. The Morgan fingerprint density at radius 2 is 2.03 bits per heavy atom. The van der Waals surface area contributed by atoms with E-state index >= 15 is 4.39 Å². The Kier molecular flexibility index (Phi) is 6.92. The zero-order valence-electron chi connectivity index (χ0n) is 17.3. The zero-order valence-corrected chi connectivity index (χ0v) is 19.8. The van der Waals surface area contributed by atoms with Crippen LogP contribution < -0.4 is 5.32 Å². The summed E-state index contributed by atoms with van der Waals surface area (Å²) in [4.78, 5) is 35.7. The molecule has 4 rings (SSSR count). The van der Waals surface area contributed by atoms with Crippen molar-refractivity contribution in [1.29, 1.82) is 0 Å². The lowest BCUT2D eigenvalue weighted by atomic mass is 10.1. The van der Waals surface area contributed by atoms with Crippen LogP contribution in [-0.2, 0) is 24.2 Å². The summed E-state index contributed by atoms with van der Waals surface area (Å²) in [6, 6.07) is 1.84. The number of pyridine rings is 1. The Hall–Kier alpha value is -1.14. The first-order chi connectivity index (χ1) is 15.4. The maximum Gasteiger partial charge on any atom is 0.340 e. The molecule has 16 heteroatoms. The van der Waals surface area contributed by atoms with E-state index in [9.17, 15) is 19.1 Å². The topological polar surface area (TPSA) is 176 Å². The highest BCUT2D eigenvalue weighted by Gasteiger charge is 2.53. The van der Waals surface area contributed by atoms with Crippen LogP contribution in [0.1, 0.15) is 25.7 Å². The second kappa shape index (κ2) is 9.14. The molecular formula is C17H24ClFN4O8P2. The largest absolute Gasteiger partial charge is 0.385 e. The van der Waals surface area contributed by atoms with Crippen molar-refractivity contribution in [1.82, 2.24) is 14.5 Å². The summed E-state index contributed by atoms with van der Waals surface area (Å²) in [6.45, 7) is -1.42. The van der Waals surface area contributed by atoms with Crippen LogP contribution in [0.3, 0.4) is 0 Å². The average molecular weight is 529 g/mol. The van der Waals surface area contributed by atoms with Crippen molar-refractivity contribution in [2.45, 2.75) is 49.7 Å². The molecule has 0 amide bonds. The number of fused-ring (bicyclic) bond motifs is 1. The third-order valence-electron chi connectivity index (χ3n) is 5.70. The summed E-state index contributed by atoms with van der Waals surface area (Å²) >= 11 is 6.16. The summed E-state index contributed by atoms with van der Waals surface area (Å²) in [5, 5.41) is 14.1. The molecule has 1 saturated heterocycles. The first-order valence-electron chi connectivity index (χ1n) is 10.2. The Bertz CT molecular complexity index is 1130. The summed E-state index contributed by atoms with van der Waals surface area (Å²) < 4.78 is 49.6. The number of aliphatic hydroxyl groups excluding tert-OH is 1. The number of aromatic nitrogens is 3. The molecule has 1 aliphatic carbocycles. The van der Waals surface area contributed by atoms with Crippen LogP contribution in [0.4, 0.5) is 10.1 Å². The molecule has 0 bridgehead atoms. The van der Waals surface area contributed by atoms with Crippen LogP contribution in [0, 0.1) is 0 Å². The van der Waals surface area contributed by atoms with Gasteiger partial charge in [0.15, 0.2) is 11.6 Å². The molecule has 3 heterocycles. The lowest BCUT2D eigenvalue weighted by Gasteiger charge is -2.25. The number of hydrogen-bond donors (Lipinski definition) is 5. The van der Waals surface area contributed by atoms with E-state index in [0.29, 0.717) is 11.2 Å². The number of halogens is 2. The SMILES string of the molecule is O=P(O)(O)CP(=O)(O)OC[C@H]1OC[C@](F)(n2cnc3c(NC4CCCC4)cc(Cl)nc32)[C@@H]1O. The molecule has 2 fully saturated rings. The van der Waals surface area contributed by atoms with Crippen LogP contribution in [-0.4, -0.2) is 71.7 Å². The van der Waals surface area contributed by atoms with Gasteiger partial charge in [0.2, 0.25) is 5.79 Å². The fourth-order valence-corrected chi connectivity index (χ4v) is 6.89. The molecule has 1 aliphatic heterocycles. The Morgan fingerprint density at radius 3 is 2.70 bits per heavy atom. The molecule has 2 aromatic rings. The normalized spacial score (nSPS) is 28.4. The van der Waals surface area contributed by atoms with Crippen molar-refractivity contribution in [2.24, 2.45) is 0 Å². The quantitative estimate of drug-likeness (QED) is 0.250. The minimum atomic E-state index is -4.83. The number of aliphatic hydroxyl groups is 1. The van der Waals surface area contributed by atoms with E-state index in [0.717, 1.165) is 36.6 Å². The third kappa shape index (κ3) is 5.42. The molecule has 1 unspecified atom stereocenters. The average Bonchev–Trinajstić information content (AvgIpc) is 3.40. The van der Waals surface area contributed by atoms with Crippen molar-refractivity contribution in [3.8, 4) is 0 Å². The number of nitrogens with zero attached hydrogens (tertiary/aromatic N) is 3. The number of ether oxygens (including phenoxy) is 1. The minimum Gasteiger partial charge on any atom is -0.385 e. The Morgan fingerprint density at radius 1 is 1.33 bits per heavy atom. The standard InChI is InChI=1S/C17H24ClFN4O8P2/c18-13-5-11(21-10-3-1-2-4-10)14-16(22-13)23(8-20-14)17(19)7-30-12(15(17)24)6-31-33(28,29)9-32(25,26)27/h5,8,10,12,15,24H,1-4,6-7,9H2,(H,21,22)(H,28,29)(H2,25,26,27)/t12-,15-,17+/m1/s1. The Balaban J connectivity index is 1.55. The van der Waals surface area contributed by atoms with Crippen molar-refractivity contribution in [2.75, 3.05) is 24.4 Å². The lowest BCUT2D eigenvalue weighted by Crippen LogP contribution is -2.43. The number of anilines is 1. The summed E-state index contributed by atoms with van der Waals surface area (Å²) in [5.41, 5.74) is 1.02. The van der Waals surface area contributed by atoms with Gasteiger partial charge in [0.1, 0.15) is 29.5 Å². The second-order valence-electron chi connectivity index (χ2n) is 8.26. The molecule has 5 N–H and O–H groups in total. The van der Waals surface area contributed by atoms with E-state index in [4.69, 9.17) is 26.1 Å². The van der Waals surface area contributed by atoms with Crippen LogP contribution in [0.2, 0.25) is 5.15 Å². The fraction of sp³-hybridized carbons (Fsp3) is 0.647. The van der Waals surface area contributed by atoms with Gasteiger partial charge in [-0.2, -0.15) is 0 Å². The maximum atomic E-state index is 15.9. The maximum absolute atomic E-state index is 15.9. The third-order valence-corrected chi connectivity index (χ3v) is 9.35. The zero-order chi connectivity index (χ0) is 24.0. The number of rotatable bonds is 8. The predicted octanol–water partition coefficient (Wildman–Crippen LogP) is 2.16. The van der Waals surface area contributed by atoms with Crippen LogP contribution >= 0.6 is 26.8 Å². The molecule has 33 heavy (non-hydrogen) atoms. The summed E-state index contributed by atoms with van der Waals surface area (Å²) in [7, 11) is -9.53. The molecule has 1 saturated carbocycles. The van der Waals surface area contributed by atoms with Crippen LogP contribution in [0.25, 0.3) is 11.2 Å². The monoisotopic (exact) mass is 528 g/mol.